The molecule has 22 heavy (non-hydrogen) atoms. The fraction of sp³-hybridized carbons (Fsp3) is 0.706. The molecule has 0 unspecified atom stereocenters. The van der Waals surface area contributed by atoms with E-state index >= 15 is 0 Å². The number of hydrogen-bond donors (Lipinski definition) is 0. The summed E-state index contributed by atoms with van der Waals surface area (Å²) >= 11 is 0. The first-order chi connectivity index (χ1) is 10.4. The van der Waals surface area contributed by atoms with Crippen molar-refractivity contribution >= 4 is 18.4 Å². The topological polar surface area (TPSA) is 34.6 Å². The van der Waals surface area contributed by atoms with Crippen molar-refractivity contribution in [1.82, 2.24) is 4.98 Å². The minimum Gasteiger partial charge on any atom is -0.399 e. The maximum Gasteiger partial charge on any atom is 0.495 e. The zero-order chi connectivity index (χ0) is 15.8. The molecular weight excluding hydrogens is 275 g/mol. The number of hydrogen-bond acceptors (Lipinski definition) is 4. The van der Waals surface area contributed by atoms with Gasteiger partial charge in [-0.25, -0.2) is 4.98 Å². The van der Waals surface area contributed by atoms with Crippen LogP contribution in [0.1, 0.15) is 53.4 Å². The SMILES string of the molecule is CC1(C)OB(c2ccnc(N3CCCCCC3)c2)OC1(C)C. The molecule has 0 N–H and O–H groups in total. The molecule has 2 saturated heterocycles. The van der Waals surface area contributed by atoms with Crippen LogP contribution in [0.25, 0.3) is 0 Å². The van der Waals surface area contributed by atoms with E-state index in [-0.39, 0.29) is 18.3 Å². The zero-order valence-corrected chi connectivity index (χ0v) is 14.3. The summed E-state index contributed by atoms with van der Waals surface area (Å²) in [6.07, 6.45) is 7.03. The Labute approximate surface area is 134 Å². The number of pyridine rings is 1. The molecule has 0 radical (unpaired) electrons. The minimum absolute atomic E-state index is 0.302. The van der Waals surface area contributed by atoms with Crippen LogP contribution in [0.4, 0.5) is 5.82 Å². The second-order valence-electron chi connectivity index (χ2n) is 7.44. The minimum atomic E-state index is -0.307. The summed E-state index contributed by atoms with van der Waals surface area (Å²) in [6.45, 7) is 10.5. The van der Waals surface area contributed by atoms with Crippen molar-refractivity contribution in [2.75, 3.05) is 18.0 Å². The molecule has 0 atom stereocenters. The summed E-state index contributed by atoms with van der Waals surface area (Å²) < 4.78 is 12.3. The molecule has 2 aliphatic heterocycles. The predicted molar refractivity (Wildman–Crippen MR) is 90.6 cm³/mol. The average molecular weight is 302 g/mol. The Morgan fingerprint density at radius 2 is 1.59 bits per heavy atom. The van der Waals surface area contributed by atoms with E-state index in [1.54, 1.807) is 0 Å². The van der Waals surface area contributed by atoms with E-state index in [0.29, 0.717) is 0 Å². The van der Waals surface area contributed by atoms with Crippen LogP contribution in [0.3, 0.4) is 0 Å². The van der Waals surface area contributed by atoms with Gasteiger partial charge in [0.15, 0.2) is 0 Å². The molecule has 0 bridgehead atoms. The van der Waals surface area contributed by atoms with Gasteiger partial charge in [-0.1, -0.05) is 12.8 Å². The predicted octanol–water partition coefficient (Wildman–Crippen LogP) is 2.76. The molecule has 0 saturated carbocycles. The van der Waals surface area contributed by atoms with Gasteiger partial charge >= 0.3 is 7.12 Å². The smallest absolute Gasteiger partial charge is 0.399 e. The molecule has 0 spiro atoms. The van der Waals surface area contributed by atoms with Gasteiger partial charge in [-0.2, -0.15) is 0 Å². The van der Waals surface area contributed by atoms with Crippen LogP contribution in [0.5, 0.6) is 0 Å². The summed E-state index contributed by atoms with van der Waals surface area (Å²) in [5.41, 5.74) is 0.459. The number of rotatable bonds is 2. The van der Waals surface area contributed by atoms with E-state index < -0.39 is 0 Å². The van der Waals surface area contributed by atoms with Gasteiger partial charge in [0.2, 0.25) is 0 Å². The lowest BCUT2D eigenvalue weighted by atomic mass is 9.79. The molecule has 2 aliphatic rings. The van der Waals surface area contributed by atoms with E-state index in [1.807, 2.05) is 12.3 Å². The highest BCUT2D eigenvalue weighted by Gasteiger charge is 2.51. The Morgan fingerprint density at radius 1 is 1.00 bits per heavy atom. The molecule has 5 heteroatoms. The lowest BCUT2D eigenvalue weighted by Gasteiger charge is -2.32. The highest BCUT2D eigenvalue weighted by Crippen LogP contribution is 2.36. The van der Waals surface area contributed by atoms with Crippen molar-refractivity contribution in [2.45, 2.75) is 64.6 Å². The van der Waals surface area contributed by atoms with Gasteiger partial charge in [0, 0.05) is 19.3 Å². The molecule has 120 valence electrons. The van der Waals surface area contributed by atoms with E-state index in [9.17, 15) is 0 Å². The molecular formula is C17H27BN2O2. The van der Waals surface area contributed by atoms with Crippen LogP contribution in [-0.2, 0) is 9.31 Å². The third-order valence-corrected chi connectivity index (χ3v) is 5.23. The quantitative estimate of drug-likeness (QED) is 0.787. The fourth-order valence-corrected chi connectivity index (χ4v) is 3.03. The molecule has 2 fully saturated rings. The first-order valence-electron chi connectivity index (χ1n) is 8.46. The van der Waals surface area contributed by atoms with E-state index in [4.69, 9.17) is 9.31 Å². The van der Waals surface area contributed by atoms with Crippen molar-refractivity contribution in [3.05, 3.63) is 18.3 Å². The van der Waals surface area contributed by atoms with Gasteiger partial charge < -0.3 is 14.2 Å². The molecule has 1 aromatic heterocycles. The molecule has 0 amide bonds. The molecule has 3 heterocycles. The van der Waals surface area contributed by atoms with Crippen molar-refractivity contribution in [3.63, 3.8) is 0 Å². The van der Waals surface area contributed by atoms with Crippen LogP contribution in [0, 0.1) is 0 Å². The lowest BCUT2D eigenvalue weighted by molar-refractivity contribution is 0.00578. The maximum absolute atomic E-state index is 6.15. The second kappa shape index (κ2) is 5.86. The Balaban J connectivity index is 1.80. The van der Waals surface area contributed by atoms with E-state index in [0.717, 1.165) is 24.4 Å². The van der Waals surface area contributed by atoms with Crippen LogP contribution in [-0.4, -0.2) is 36.4 Å². The third-order valence-electron chi connectivity index (χ3n) is 5.23. The van der Waals surface area contributed by atoms with Crippen LogP contribution in [0.15, 0.2) is 18.3 Å². The fourth-order valence-electron chi connectivity index (χ4n) is 3.03. The van der Waals surface area contributed by atoms with Crippen LogP contribution >= 0.6 is 0 Å². The second-order valence-corrected chi connectivity index (χ2v) is 7.44. The number of nitrogens with zero attached hydrogens (tertiary/aromatic N) is 2. The number of anilines is 1. The van der Waals surface area contributed by atoms with E-state index in [1.165, 1.54) is 25.7 Å². The summed E-state index contributed by atoms with van der Waals surface area (Å²) in [5.74, 6) is 1.05. The lowest BCUT2D eigenvalue weighted by Crippen LogP contribution is -2.41. The van der Waals surface area contributed by atoms with Gasteiger partial charge in [0.1, 0.15) is 5.82 Å². The standard InChI is InChI=1S/C17H27BN2O2/c1-16(2)17(3,4)22-18(21-16)14-9-10-19-15(13-14)20-11-7-5-6-8-12-20/h9-10,13H,5-8,11-12H2,1-4H3. The highest BCUT2D eigenvalue weighted by molar-refractivity contribution is 6.62. The van der Waals surface area contributed by atoms with Gasteiger partial charge in [0.05, 0.1) is 11.2 Å². The van der Waals surface area contributed by atoms with Crippen molar-refractivity contribution in [1.29, 1.82) is 0 Å². The monoisotopic (exact) mass is 302 g/mol. The van der Waals surface area contributed by atoms with Crippen molar-refractivity contribution in [2.24, 2.45) is 0 Å². The Morgan fingerprint density at radius 3 is 2.18 bits per heavy atom. The average Bonchev–Trinajstić information content (AvgIpc) is 2.67. The van der Waals surface area contributed by atoms with Gasteiger partial charge in [-0.15, -0.1) is 0 Å². The maximum atomic E-state index is 6.15. The van der Waals surface area contributed by atoms with Gasteiger partial charge in [-0.05, 0) is 58.1 Å². The normalized spacial score (nSPS) is 24.4. The van der Waals surface area contributed by atoms with E-state index in [2.05, 4.69) is 43.6 Å². The van der Waals surface area contributed by atoms with Gasteiger partial charge in [0.25, 0.3) is 0 Å². The number of aromatic nitrogens is 1. The van der Waals surface area contributed by atoms with Crippen LogP contribution < -0.4 is 10.4 Å². The highest BCUT2D eigenvalue weighted by atomic mass is 16.7. The summed E-state index contributed by atoms with van der Waals surface area (Å²) in [7, 11) is -0.307. The zero-order valence-electron chi connectivity index (χ0n) is 14.3. The Kier molecular flexibility index (Phi) is 4.21. The van der Waals surface area contributed by atoms with Crippen molar-refractivity contribution < 1.29 is 9.31 Å². The largest absolute Gasteiger partial charge is 0.495 e. The molecule has 3 rings (SSSR count). The first kappa shape index (κ1) is 15.8. The van der Waals surface area contributed by atoms with Crippen LogP contribution in [0.2, 0.25) is 0 Å². The Hall–Kier alpha value is -1.07. The molecule has 0 aromatic carbocycles. The summed E-state index contributed by atoms with van der Waals surface area (Å²) in [4.78, 5) is 6.95. The summed E-state index contributed by atoms with van der Waals surface area (Å²) in [6, 6.07) is 4.14. The molecule has 0 aliphatic carbocycles. The third kappa shape index (κ3) is 3.02. The van der Waals surface area contributed by atoms with Crippen molar-refractivity contribution in [3.8, 4) is 0 Å². The summed E-state index contributed by atoms with van der Waals surface area (Å²) in [5, 5.41) is 0. The molecule has 4 nitrogen and oxygen atoms in total. The Bertz CT molecular complexity index is 509. The van der Waals surface area contributed by atoms with Gasteiger partial charge in [-0.3, -0.25) is 0 Å². The molecule has 1 aromatic rings. The first-order valence-corrected chi connectivity index (χ1v) is 8.46.